The molecule has 0 radical (unpaired) electrons. The van der Waals surface area contributed by atoms with Crippen LogP contribution in [0.15, 0.2) is 36.0 Å². The van der Waals surface area contributed by atoms with Gasteiger partial charge in [-0.1, -0.05) is 24.3 Å². The van der Waals surface area contributed by atoms with Gasteiger partial charge in [0.2, 0.25) is 0 Å². The lowest BCUT2D eigenvalue weighted by Crippen LogP contribution is -2.45. The number of carbonyl (C=O) groups is 3. The molecule has 1 heterocycles. The molecule has 3 rings (SSSR count). The highest BCUT2D eigenvalue weighted by Gasteiger charge is 2.44. The van der Waals surface area contributed by atoms with Crippen molar-refractivity contribution in [2.75, 3.05) is 13.2 Å². The summed E-state index contributed by atoms with van der Waals surface area (Å²) >= 11 is 0. The fraction of sp³-hybridized carbons (Fsp3) is 0.591. The Morgan fingerprint density at radius 3 is 2.72 bits per heavy atom. The van der Waals surface area contributed by atoms with Crippen molar-refractivity contribution < 1.29 is 34.1 Å². The van der Waals surface area contributed by atoms with Crippen LogP contribution in [0.2, 0.25) is 0 Å². The number of rotatable bonds is 7. The van der Waals surface area contributed by atoms with E-state index in [-0.39, 0.29) is 49.1 Å². The van der Waals surface area contributed by atoms with Gasteiger partial charge in [0.1, 0.15) is 6.61 Å². The molecule has 7 nitrogen and oxygen atoms in total. The van der Waals surface area contributed by atoms with Gasteiger partial charge in [-0.15, -0.1) is 0 Å². The Morgan fingerprint density at radius 1 is 1.24 bits per heavy atom. The highest BCUT2D eigenvalue weighted by atomic mass is 16.5. The zero-order valence-electron chi connectivity index (χ0n) is 16.4. The van der Waals surface area contributed by atoms with Crippen LogP contribution < -0.4 is 0 Å². The molecule has 2 aliphatic carbocycles. The fourth-order valence-corrected chi connectivity index (χ4v) is 4.79. The van der Waals surface area contributed by atoms with E-state index in [4.69, 9.17) is 14.6 Å². The van der Waals surface area contributed by atoms with Gasteiger partial charge in [0.25, 0.3) is 0 Å². The average molecular weight is 404 g/mol. The Balaban J connectivity index is 1.66. The summed E-state index contributed by atoms with van der Waals surface area (Å²) in [7, 11) is 0. The van der Waals surface area contributed by atoms with Gasteiger partial charge in [0.05, 0.1) is 31.1 Å². The maximum atomic E-state index is 11.8. The number of hydrogen-bond acceptors (Lipinski definition) is 6. The maximum Gasteiger partial charge on any atom is 0.338 e. The van der Waals surface area contributed by atoms with Gasteiger partial charge >= 0.3 is 17.9 Å². The first-order chi connectivity index (χ1) is 13.9. The molecular weight excluding hydrogens is 376 g/mol. The molecule has 158 valence electrons. The quantitative estimate of drug-likeness (QED) is 0.495. The molecule has 2 unspecified atom stereocenters. The topological polar surface area (TPSA) is 110 Å². The third-order valence-corrected chi connectivity index (χ3v) is 6.34. The Labute approximate surface area is 170 Å². The summed E-state index contributed by atoms with van der Waals surface area (Å²) < 4.78 is 10.2. The SMILES string of the molecule is C=C1CCC2C(CC[C@@H](O)[C@H]2COC(=O)CCC(=O)O)[C@@H]1/C=C/C1=CCOC1=O. The van der Waals surface area contributed by atoms with Crippen LogP contribution in [0.5, 0.6) is 0 Å². The largest absolute Gasteiger partial charge is 0.481 e. The van der Waals surface area contributed by atoms with Gasteiger partial charge in [-0.2, -0.15) is 0 Å². The van der Waals surface area contributed by atoms with Gasteiger partial charge in [0, 0.05) is 11.8 Å². The summed E-state index contributed by atoms with van der Waals surface area (Å²) in [5, 5.41) is 19.2. The minimum atomic E-state index is -1.04. The van der Waals surface area contributed by atoms with Gasteiger partial charge in [-0.25, -0.2) is 4.79 Å². The Bertz CT molecular complexity index is 735. The molecule has 2 N–H and O–H groups in total. The van der Waals surface area contributed by atoms with E-state index in [1.54, 1.807) is 12.2 Å². The minimum Gasteiger partial charge on any atom is -0.481 e. The van der Waals surface area contributed by atoms with Crippen molar-refractivity contribution in [2.24, 2.45) is 23.7 Å². The first kappa shape index (κ1) is 21.3. The summed E-state index contributed by atoms with van der Waals surface area (Å²) in [4.78, 5) is 34.1. The Kier molecular flexibility index (Phi) is 6.90. The van der Waals surface area contributed by atoms with E-state index in [0.717, 1.165) is 24.8 Å². The number of carboxylic acids is 1. The molecule has 5 atom stereocenters. The predicted octanol–water partition coefficient (Wildman–Crippen LogP) is 2.40. The normalized spacial score (nSPS) is 31.9. The summed E-state index contributed by atoms with van der Waals surface area (Å²) in [5.74, 6) is -1.55. The molecule has 0 amide bonds. The molecular formula is C22H28O7. The van der Waals surface area contributed by atoms with Gasteiger partial charge < -0.3 is 19.7 Å². The number of allylic oxidation sites excluding steroid dienone is 2. The van der Waals surface area contributed by atoms with E-state index in [1.165, 1.54) is 0 Å². The van der Waals surface area contributed by atoms with Crippen molar-refractivity contribution >= 4 is 17.9 Å². The highest BCUT2D eigenvalue weighted by Crippen LogP contribution is 2.49. The van der Waals surface area contributed by atoms with Crippen LogP contribution >= 0.6 is 0 Å². The maximum absolute atomic E-state index is 11.8. The number of aliphatic hydroxyl groups is 1. The van der Waals surface area contributed by atoms with Crippen molar-refractivity contribution in [3.63, 3.8) is 0 Å². The molecule has 2 saturated carbocycles. The molecule has 29 heavy (non-hydrogen) atoms. The average Bonchev–Trinajstić information content (AvgIpc) is 3.09. The number of hydrogen-bond donors (Lipinski definition) is 2. The van der Waals surface area contributed by atoms with Crippen LogP contribution in [0, 0.1) is 23.7 Å². The zero-order valence-corrected chi connectivity index (χ0v) is 16.4. The van der Waals surface area contributed by atoms with Crippen LogP contribution in [-0.4, -0.2) is 47.4 Å². The first-order valence-corrected chi connectivity index (χ1v) is 10.2. The minimum absolute atomic E-state index is 0.0979. The summed E-state index contributed by atoms with van der Waals surface area (Å²) in [5.41, 5.74) is 1.67. The second-order valence-electron chi connectivity index (χ2n) is 8.05. The lowest BCUT2D eigenvalue weighted by Gasteiger charge is -2.47. The van der Waals surface area contributed by atoms with Crippen molar-refractivity contribution in [3.05, 3.63) is 36.0 Å². The first-order valence-electron chi connectivity index (χ1n) is 10.2. The molecule has 0 aromatic heterocycles. The standard InChI is InChI=1S/C22H28O7/c1-13-2-4-17-16(15(13)5-3-14-10-11-28-22(14)27)6-7-19(23)18(17)12-29-21(26)9-8-20(24)25/h3,5,10,15-19,23H,1-2,4,6-9,11-12H2,(H,24,25)/b5-3+/t15-,16?,17?,18+,19-/m1/s1. The molecule has 2 fully saturated rings. The fourth-order valence-electron chi connectivity index (χ4n) is 4.79. The summed E-state index contributed by atoms with van der Waals surface area (Å²) in [6.45, 7) is 4.62. The van der Waals surface area contributed by atoms with E-state index in [1.807, 2.05) is 6.08 Å². The second kappa shape index (κ2) is 9.39. The molecule has 0 spiro atoms. The van der Waals surface area contributed by atoms with Gasteiger partial charge in [-0.3, -0.25) is 9.59 Å². The lowest BCUT2D eigenvalue weighted by molar-refractivity contribution is -0.152. The van der Waals surface area contributed by atoms with Crippen LogP contribution in [0.25, 0.3) is 0 Å². The monoisotopic (exact) mass is 404 g/mol. The number of carboxylic acid groups (broad SMARTS) is 1. The van der Waals surface area contributed by atoms with E-state index in [0.29, 0.717) is 18.6 Å². The van der Waals surface area contributed by atoms with Crippen LogP contribution in [0.1, 0.15) is 38.5 Å². The third kappa shape index (κ3) is 5.15. The molecule has 0 aromatic rings. The number of carbonyl (C=O) groups excluding carboxylic acids is 2. The van der Waals surface area contributed by atoms with Crippen molar-refractivity contribution in [1.82, 2.24) is 0 Å². The highest BCUT2D eigenvalue weighted by molar-refractivity contribution is 5.93. The number of cyclic esters (lactones) is 1. The van der Waals surface area contributed by atoms with Crippen molar-refractivity contribution in [2.45, 2.75) is 44.6 Å². The van der Waals surface area contributed by atoms with Crippen LogP contribution in [0.4, 0.5) is 0 Å². The summed E-state index contributed by atoms with van der Waals surface area (Å²) in [6.07, 6.45) is 7.74. The van der Waals surface area contributed by atoms with E-state index < -0.39 is 18.0 Å². The zero-order chi connectivity index (χ0) is 21.0. The van der Waals surface area contributed by atoms with E-state index in [2.05, 4.69) is 6.58 Å². The number of esters is 2. The lowest BCUT2D eigenvalue weighted by atomic mass is 9.59. The van der Waals surface area contributed by atoms with Crippen molar-refractivity contribution in [3.8, 4) is 0 Å². The number of ether oxygens (including phenoxy) is 2. The van der Waals surface area contributed by atoms with Crippen molar-refractivity contribution in [1.29, 1.82) is 0 Å². The predicted molar refractivity (Wildman–Crippen MR) is 104 cm³/mol. The van der Waals surface area contributed by atoms with Gasteiger partial charge in [-0.05, 0) is 43.6 Å². The molecule has 3 aliphatic rings. The number of aliphatic hydroxyl groups excluding tert-OH is 1. The van der Waals surface area contributed by atoms with Crippen LogP contribution in [0.3, 0.4) is 0 Å². The number of aliphatic carboxylic acids is 1. The Hall–Kier alpha value is -2.41. The molecule has 0 saturated heterocycles. The molecule has 7 heteroatoms. The van der Waals surface area contributed by atoms with E-state index in [9.17, 15) is 19.5 Å². The van der Waals surface area contributed by atoms with Gasteiger partial charge in [0.15, 0.2) is 0 Å². The summed E-state index contributed by atoms with van der Waals surface area (Å²) in [6, 6.07) is 0. The molecule has 0 aromatic carbocycles. The number of fused-ring (bicyclic) bond motifs is 1. The van der Waals surface area contributed by atoms with Crippen LogP contribution in [-0.2, 0) is 23.9 Å². The molecule has 1 aliphatic heterocycles. The second-order valence-corrected chi connectivity index (χ2v) is 8.05. The van der Waals surface area contributed by atoms with E-state index >= 15 is 0 Å². The third-order valence-electron chi connectivity index (χ3n) is 6.34. The Morgan fingerprint density at radius 2 is 2.03 bits per heavy atom. The smallest absolute Gasteiger partial charge is 0.338 e. The molecule has 0 bridgehead atoms.